The van der Waals surface area contributed by atoms with Crippen LogP contribution in [0.2, 0.25) is 0 Å². The van der Waals surface area contributed by atoms with E-state index in [9.17, 15) is 8.78 Å². The van der Waals surface area contributed by atoms with Crippen molar-refractivity contribution in [3.8, 4) is 0 Å². The van der Waals surface area contributed by atoms with E-state index in [1.807, 2.05) is 4.90 Å². The molecule has 2 rings (SSSR count). The molecule has 2 N–H and O–H groups in total. The first-order valence-electron chi connectivity index (χ1n) is 6.42. The normalized spacial score (nSPS) is 17.4. The molecule has 1 aromatic heterocycles. The molecule has 0 spiro atoms. The number of hydrogen-bond donors (Lipinski definition) is 1. The number of alkyl halides is 2. The molecule has 0 saturated carbocycles. The van der Waals surface area contributed by atoms with E-state index in [0.717, 1.165) is 30.5 Å². The molecule has 0 aromatic carbocycles. The molecule has 5 nitrogen and oxygen atoms in total. The highest BCUT2D eigenvalue weighted by molar-refractivity contribution is 14.0. The van der Waals surface area contributed by atoms with Crippen LogP contribution in [0.15, 0.2) is 17.4 Å². The minimum atomic E-state index is -2.59. The molecule has 1 saturated heterocycles. The van der Waals surface area contributed by atoms with Gasteiger partial charge in [-0.15, -0.1) is 24.0 Å². The Hall–Kier alpha value is -0.930. The summed E-state index contributed by atoms with van der Waals surface area (Å²) in [6, 6.07) is 0. The van der Waals surface area contributed by atoms with E-state index in [1.54, 1.807) is 0 Å². The van der Waals surface area contributed by atoms with Crippen molar-refractivity contribution in [3.63, 3.8) is 0 Å². The zero-order valence-electron chi connectivity index (χ0n) is 11.4. The Labute approximate surface area is 134 Å². The van der Waals surface area contributed by atoms with Gasteiger partial charge >= 0.3 is 6.55 Å². The Morgan fingerprint density at radius 2 is 2.15 bits per heavy atom. The minimum absolute atomic E-state index is 0. The van der Waals surface area contributed by atoms with E-state index in [4.69, 9.17) is 5.73 Å². The molecule has 20 heavy (non-hydrogen) atoms. The first-order chi connectivity index (χ1) is 9.08. The number of likely N-dealkylation sites (tertiary alicyclic amines) is 1. The maximum absolute atomic E-state index is 12.6. The zero-order valence-corrected chi connectivity index (χ0v) is 13.7. The number of piperidine rings is 1. The number of imidazole rings is 1. The average molecular weight is 399 g/mol. The average Bonchev–Trinajstić information content (AvgIpc) is 2.85. The predicted octanol–water partition coefficient (Wildman–Crippen LogP) is 2.44. The quantitative estimate of drug-likeness (QED) is 0.483. The van der Waals surface area contributed by atoms with Gasteiger partial charge in [-0.1, -0.05) is 6.92 Å². The smallest absolute Gasteiger partial charge is 0.319 e. The number of hydrogen-bond acceptors (Lipinski definition) is 2. The number of nitrogens with two attached hydrogens (primary N) is 1. The topological polar surface area (TPSA) is 59.4 Å². The third kappa shape index (κ3) is 4.29. The third-order valence-corrected chi connectivity index (χ3v) is 3.45. The van der Waals surface area contributed by atoms with Gasteiger partial charge < -0.3 is 10.6 Å². The van der Waals surface area contributed by atoms with Crippen molar-refractivity contribution in [3.05, 3.63) is 18.2 Å². The van der Waals surface area contributed by atoms with Crippen LogP contribution in [0.5, 0.6) is 0 Å². The number of nitrogens with zero attached hydrogens (tertiary/aromatic N) is 4. The summed E-state index contributed by atoms with van der Waals surface area (Å²) in [6.45, 7) is 1.45. The monoisotopic (exact) mass is 399 g/mol. The Morgan fingerprint density at radius 1 is 1.50 bits per heavy atom. The molecule has 1 aliphatic heterocycles. The van der Waals surface area contributed by atoms with E-state index in [1.165, 1.54) is 12.4 Å². The lowest BCUT2D eigenvalue weighted by atomic mass is 10.00. The highest BCUT2D eigenvalue weighted by atomic mass is 127. The highest BCUT2D eigenvalue weighted by Gasteiger charge is 2.17. The van der Waals surface area contributed by atoms with Crippen molar-refractivity contribution in [2.24, 2.45) is 16.6 Å². The fourth-order valence-corrected chi connectivity index (χ4v) is 2.13. The minimum Gasteiger partial charge on any atom is -0.370 e. The van der Waals surface area contributed by atoms with Crippen LogP contribution >= 0.6 is 24.0 Å². The Kier molecular flexibility index (Phi) is 6.63. The summed E-state index contributed by atoms with van der Waals surface area (Å²) in [5.74, 6) is 1.35. The first-order valence-corrected chi connectivity index (χ1v) is 6.42. The van der Waals surface area contributed by atoms with E-state index in [2.05, 4.69) is 16.9 Å². The number of guanidine groups is 1. The molecule has 114 valence electrons. The molecule has 1 aliphatic rings. The summed E-state index contributed by atoms with van der Waals surface area (Å²) in [5, 5.41) is 0. The maximum Gasteiger partial charge on any atom is 0.319 e. The van der Waals surface area contributed by atoms with Crippen LogP contribution < -0.4 is 5.73 Å². The lowest BCUT2D eigenvalue weighted by Crippen LogP contribution is -2.42. The number of rotatable bonds is 3. The van der Waals surface area contributed by atoms with Gasteiger partial charge in [0.2, 0.25) is 0 Å². The summed E-state index contributed by atoms with van der Waals surface area (Å²) < 4.78 is 26.0. The van der Waals surface area contributed by atoms with Crippen LogP contribution in [-0.4, -0.2) is 33.5 Å². The second-order valence-electron chi connectivity index (χ2n) is 4.87. The van der Waals surface area contributed by atoms with Gasteiger partial charge in [-0.25, -0.2) is 9.98 Å². The molecule has 0 amide bonds. The number of halogens is 3. The standard InChI is InChI=1S/C12H19F2N5.HI/c1-9-2-5-18(6-3-9)12(15)17-8-10-16-4-7-19(10)11(13)14;/h4,7,9,11H,2-3,5-6,8H2,1H3,(H2,15,17);1H. The van der Waals surface area contributed by atoms with Gasteiger partial charge in [-0.3, -0.25) is 4.57 Å². The molecule has 2 heterocycles. The molecular weight excluding hydrogens is 379 g/mol. The van der Waals surface area contributed by atoms with Gasteiger partial charge in [0.25, 0.3) is 0 Å². The summed E-state index contributed by atoms with van der Waals surface area (Å²) in [4.78, 5) is 10.0. The Bertz CT molecular complexity index is 441. The van der Waals surface area contributed by atoms with Crippen molar-refractivity contribution in [2.45, 2.75) is 32.9 Å². The zero-order chi connectivity index (χ0) is 13.8. The van der Waals surface area contributed by atoms with Gasteiger partial charge in [0.05, 0.1) is 0 Å². The molecule has 1 aromatic rings. The molecule has 0 unspecified atom stereocenters. The summed E-state index contributed by atoms with van der Waals surface area (Å²) in [5.41, 5.74) is 5.89. The van der Waals surface area contributed by atoms with Gasteiger partial charge in [-0.05, 0) is 18.8 Å². The molecule has 0 aliphatic carbocycles. The van der Waals surface area contributed by atoms with Crippen molar-refractivity contribution >= 4 is 29.9 Å². The fourth-order valence-electron chi connectivity index (χ4n) is 2.13. The van der Waals surface area contributed by atoms with Crippen molar-refractivity contribution in [2.75, 3.05) is 13.1 Å². The number of aromatic nitrogens is 2. The number of aliphatic imine (C=N–C) groups is 1. The van der Waals surface area contributed by atoms with Crippen molar-refractivity contribution < 1.29 is 8.78 Å². The highest BCUT2D eigenvalue weighted by Crippen LogP contribution is 2.16. The molecular formula is C12H20F2IN5. The van der Waals surface area contributed by atoms with E-state index in [-0.39, 0.29) is 36.3 Å². The third-order valence-electron chi connectivity index (χ3n) is 3.45. The first kappa shape index (κ1) is 17.1. The largest absolute Gasteiger partial charge is 0.370 e. The van der Waals surface area contributed by atoms with Crippen molar-refractivity contribution in [1.82, 2.24) is 14.5 Å². The van der Waals surface area contributed by atoms with Crippen LogP contribution in [0.3, 0.4) is 0 Å². The second kappa shape index (κ2) is 7.75. The second-order valence-corrected chi connectivity index (χ2v) is 4.87. The van der Waals surface area contributed by atoms with Gasteiger partial charge in [-0.2, -0.15) is 8.78 Å². The van der Waals surface area contributed by atoms with Gasteiger partial charge in [0.1, 0.15) is 12.4 Å². The van der Waals surface area contributed by atoms with Crippen LogP contribution in [0, 0.1) is 5.92 Å². The van der Waals surface area contributed by atoms with E-state index >= 15 is 0 Å². The predicted molar refractivity (Wildman–Crippen MR) is 84.2 cm³/mol. The van der Waals surface area contributed by atoms with E-state index < -0.39 is 6.55 Å². The van der Waals surface area contributed by atoms with Crippen LogP contribution in [0.4, 0.5) is 8.78 Å². The lowest BCUT2D eigenvalue weighted by molar-refractivity contribution is 0.0671. The van der Waals surface area contributed by atoms with E-state index in [0.29, 0.717) is 11.9 Å². The van der Waals surface area contributed by atoms with Crippen LogP contribution in [0.1, 0.15) is 32.1 Å². The summed E-state index contributed by atoms with van der Waals surface area (Å²) >= 11 is 0. The van der Waals surface area contributed by atoms with Gasteiger partial charge in [0, 0.05) is 25.5 Å². The molecule has 8 heteroatoms. The Morgan fingerprint density at radius 3 is 2.75 bits per heavy atom. The SMILES string of the molecule is CC1CCN(C(N)=NCc2nccn2C(F)F)CC1.I. The Balaban J connectivity index is 0.00000200. The van der Waals surface area contributed by atoms with Crippen molar-refractivity contribution in [1.29, 1.82) is 0 Å². The van der Waals surface area contributed by atoms with Gasteiger partial charge in [0.15, 0.2) is 5.96 Å². The molecule has 0 atom stereocenters. The fraction of sp³-hybridized carbons (Fsp3) is 0.667. The van der Waals surface area contributed by atoms with Crippen LogP contribution in [0.25, 0.3) is 0 Å². The maximum atomic E-state index is 12.6. The molecule has 0 radical (unpaired) electrons. The molecule has 0 bridgehead atoms. The summed E-state index contributed by atoms with van der Waals surface area (Å²) in [7, 11) is 0. The van der Waals surface area contributed by atoms with Crippen LogP contribution in [-0.2, 0) is 6.54 Å². The summed E-state index contributed by atoms with van der Waals surface area (Å²) in [6.07, 6.45) is 4.76. The molecule has 1 fully saturated rings. The lowest BCUT2D eigenvalue weighted by Gasteiger charge is -2.30.